The highest BCUT2D eigenvalue weighted by molar-refractivity contribution is 6.37. The van der Waals surface area contributed by atoms with E-state index in [1.807, 2.05) is 20.8 Å². The molecule has 0 aliphatic carbocycles. The van der Waals surface area contributed by atoms with Crippen LogP contribution in [0.3, 0.4) is 0 Å². The third kappa shape index (κ3) is 0.905. The number of hydrogen-bond donors (Lipinski definition) is 0. The average Bonchev–Trinajstić information content (AvgIpc) is 2.12. The van der Waals surface area contributed by atoms with Gasteiger partial charge in [-0.15, -0.1) is 11.6 Å². The van der Waals surface area contributed by atoms with Gasteiger partial charge >= 0.3 is 5.97 Å². The Morgan fingerprint density at radius 3 is 1.92 bits per heavy atom. The number of alkyl halides is 1. The summed E-state index contributed by atoms with van der Waals surface area (Å²) in [5, 5.41) is 0. The average molecular weight is 191 g/mol. The third-order valence-electron chi connectivity index (χ3n) is 2.96. The summed E-state index contributed by atoms with van der Waals surface area (Å²) in [6.45, 7) is 5.93. The second-order valence-electron chi connectivity index (χ2n) is 3.25. The van der Waals surface area contributed by atoms with Gasteiger partial charge < -0.3 is 4.74 Å². The van der Waals surface area contributed by atoms with Gasteiger partial charge in [0.1, 0.15) is 5.60 Å². The van der Waals surface area contributed by atoms with Crippen LogP contribution in [0, 0.1) is 0 Å². The van der Waals surface area contributed by atoms with E-state index >= 15 is 0 Å². The van der Waals surface area contributed by atoms with E-state index in [0.717, 1.165) is 12.8 Å². The maximum absolute atomic E-state index is 11.2. The first-order valence-corrected chi connectivity index (χ1v) is 4.86. The lowest BCUT2D eigenvalue weighted by molar-refractivity contribution is -0.208. The maximum Gasteiger partial charge on any atom is 0.332 e. The van der Waals surface area contributed by atoms with Gasteiger partial charge in [0, 0.05) is 0 Å². The second-order valence-corrected chi connectivity index (χ2v) is 3.89. The number of hydrogen-bond acceptors (Lipinski definition) is 2. The predicted molar refractivity (Wildman–Crippen MR) is 48.3 cm³/mol. The summed E-state index contributed by atoms with van der Waals surface area (Å²) >= 11 is 6.19. The van der Waals surface area contributed by atoms with Gasteiger partial charge in [0.05, 0.1) is 0 Å². The van der Waals surface area contributed by atoms with Crippen molar-refractivity contribution in [1.82, 2.24) is 0 Å². The molecule has 2 nitrogen and oxygen atoms in total. The Balaban J connectivity index is 2.88. The standard InChI is InChI=1S/C9H15ClO2/c1-4-8(5-2)9(10,6-3)7(11)12-8/h4-6H2,1-3H3/t9-/m1/s1. The minimum atomic E-state index is -0.753. The summed E-state index contributed by atoms with van der Waals surface area (Å²) in [6.07, 6.45) is 2.24. The molecule has 1 heterocycles. The van der Waals surface area contributed by atoms with E-state index in [1.165, 1.54) is 0 Å². The van der Waals surface area contributed by atoms with Crippen molar-refractivity contribution in [2.24, 2.45) is 0 Å². The molecule has 12 heavy (non-hydrogen) atoms. The number of cyclic esters (lactones) is 1. The van der Waals surface area contributed by atoms with Gasteiger partial charge in [-0.05, 0) is 19.3 Å². The molecule has 0 aromatic heterocycles. The van der Waals surface area contributed by atoms with Crippen LogP contribution in [0.4, 0.5) is 0 Å². The van der Waals surface area contributed by atoms with Gasteiger partial charge in [-0.1, -0.05) is 20.8 Å². The molecule has 1 aliphatic heterocycles. The molecule has 1 aliphatic rings. The van der Waals surface area contributed by atoms with Crippen LogP contribution >= 0.6 is 11.6 Å². The summed E-state index contributed by atoms with van der Waals surface area (Å²) in [5.41, 5.74) is -0.402. The molecule has 0 saturated carbocycles. The summed E-state index contributed by atoms with van der Waals surface area (Å²) in [6, 6.07) is 0. The Morgan fingerprint density at radius 2 is 1.75 bits per heavy atom. The zero-order valence-corrected chi connectivity index (χ0v) is 8.57. The fourth-order valence-electron chi connectivity index (χ4n) is 1.90. The Kier molecular flexibility index (Phi) is 2.39. The van der Waals surface area contributed by atoms with Crippen LogP contribution in [0.15, 0.2) is 0 Å². The van der Waals surface area contributed by atoms with E-state index in [9.17, 15) is 4.79 Å². The number of halogens is 1. The van der Waals surface area contributed by atoms with Crippen molar-refractivity contribution in [1.29, 1.82) is 0 Å². The van der Waals surface area contributed by atoms with Crippen molar-refractivity contribution in [3.8, 4) is 0 Å². The Bertz CT molecular complexity index is 199. The number of carbonyl (C=O) groups is 1. The topological polar surface area (TPSA) is 26.3 Å². The number of esters is 1. The molecule has 0 N–H and O–H groups in total. The second kappa shape index (κ2) is 2.91. The minimum Gasteiger partial charge on any atom is -0.455 e. The smallest absolute Gasteiger partial charge is 0.332 e. The van der Waals surface area contributed by atoms with Crippen LogP contribution in [0.5, 0.6) is 0 Å². The van der Waals surface area contributed by atoms with Crippen molar-refractivity contribution in [2.75, 3.05) is 0 Å². The normalized spacial score (nSPS) is 32.5. The molecular weight excluding hydrogens is 176 g/mol. The van der Waals surface area contributed by atoms with Crippen LogP contribution in [0.2, 0.25) is 0 Å². The monoisotopic (exact) mass is 190 g/mol. The first kappa shape index (κ1) is 9.85. The molecule has 0 amide bonds. The highest BCUT2D eigenvalue weighted by Gasteiger charge is 2.65. The van der Waals surface area contributed by atoms with E-state index in [0.29, 0.717) is 6.42 Å². The molecule has 1 atom stereocenters. The third-order valence-corrected chi connectivity index (χ3v) is 3.73. The van der Waals surface area contributed by atoms with E-state index in [2.05, 4.69) is 0 Å². The van der Waals surface area contributed by atoms with Crippen LogP contribution < -0.4 is 0 Å². The summed E-state index contributed by atoms with van der Waals surface area (Å²) in [5.74, 6) is -0.254. The van der Waals surface area contributed by atoms with Crippen LogP contribution in [-0.4, -0.2) is 16.4 Å². The van der Waals surface area contributed by atoms with Crippen molar-refractivity contribution < 1.29 is 9.53 Å². The van der Waals surface area contributed by atoms with Gasteiger partial charge in [-0.3, -0.25) is 0 Å². The van der Waals surface area contributed by atoms with Crippen molar-refractivity contribution in [2.45, 2.75) is 50.5 Å². The van der Waals surface area contributed by atoms with E-state index in [-0.39, 0.29) is 5.97 Å². The first-order valence-electron chi connectivity index (χ1n) is 4.48. The molecule has 0 unspecified atom stereocenters. The lowest BCUT2D eigenvalue weighted by atomic mass is 9.75. The van der Waals surface area contributed by atoms with Crippen molar-refractivity contribution >= 4 is 17.6 Å². The molecule has 0 aromatic carbocycles. The highest BCUT2D eigenvalue weighted by Crippen LogP contribution is 2.50. The fraction of sp³-hybridized carbons (Fsp3) is 0.889. The van der Waals surface area contributed by atoms with Gasteiger partial charge in [-0.2, -0.15) is 0 Å². The highest BCUT2D eigenvalue weighted by atomic mass is 35.5. The van der Waals surface area contributed by atoms with Crippen LogP contribution in [-0.2, 0) is 9.53 Å². The molecular formula is C9H15ClO2. The first-order chi connectivity index (χ1) is 5.56. The minimum absolute atomic E-state index is 0.254. The van der Waals surface area contributed by atoms with Gasteiger partial charge in [0.15, 0.2) is 4.87 Å². The van der Waals surface area contributed by atoms with Crippen LogP contribution in [0.25, 0.3) is 0 Å². The zero-order valence-electron chi connectivity index (χ0n) is 7.82. The van der Waals surface area contributed by atoms with Gasteiger partial charge in [0.25, 0.3) is 0 Å². The number of carbonyl (C=O) groups excluding carboxylic acids is 1. The largest absolute Gasteiger partial charge is 0.455 e. The SMILES string of the molecule is CCC1(CC)OC(=O)[C@]1(Cl)CC. The van der Waals surface area contributed by atoms with Crippen molar-refractivity contribution in [3.63, 3.8) is 0 Å². The van der Waals surface area contributed by atoms with Gasteiger partial charge in [-0.25, -0.2) is 4.79 Å². The Morgan fingerprint density at radius 1 is 1.25 bits per heavy atom. The lowest BCUT2D eigenvalue weighted by Gasteiger charge is -2.52. The molecule has 0 bridgehead atoms. The number of rotatable bonds is 3. The fourth-order valence-corrected chi connectivity index (χ4v) is 2.24. The predicted octanol–water partition coefficient (Wildman–Crippen LogP) is 2.49. The molecule has 1 fully saturated rings. The molecule has 1 rings (SSSR count). The molecule has 3 heteroatoms. The Labute approximate surface area is 78.2 Å². The van der Waals surface area contributed by atoms with E-state index in [4.69, 9.17) is 16.3 Å². The maximum atomic E-state index is 11.2. The summed E-state index contributed by atoms with van der Waals surface area (Å²) in [4.78, 5) is 10.4. The summed E-state index contributed by atoms with van der Waals surface area (Å²) < 4.78 is 5.16. The number of ether oxygens (including phenoxy) is 1. The molecule has 0 spiro atoms. The van der Waals surface area contributed by atoms with E-state index < -0.39 is 10.5 Å². The molecule has 70 valence electrons. The summed E-state index contributed by atoms with van der Waals surface area (Å²) in [7, 11) is 0. The Hall–Kier alpha value is -0.240. The zero-order chi connectivity index (χ0) is 9.41. The molecule has 0 aromatic rings. The van der Waals surface area contributed by atoms with E-state index in [1.54, 1.807) is 0 Å². The molecule has 1 saturated heterocycles. The van der Waals surface area contributed by atoms with Crippen molar-refractivity contribution in [3.05, 3.63) is 0 Å². The lowest BCUT2D eigenvalue weighted by Crippen LogP contribution is -2.68. The quantitative estimate of drug-likeness (QED) is 0.505. The van der Waals surface area contributed by atoms with Gasteiger partial charge in [0.2, 0.25) is 0 Å². The van der Waals surface area contributed by atoms with Crippen LogP contribution in [0.1, 0.15) is 40.0 Å². The molecule has 0 radical (unpaired) electrons.